The number of hydrogen-bond donors (Lipinski definition) is 0. The van der Waals surface area contributed by atoms with Gasteiger partial charge in [0.05, 0.1) is 0 Å². The van der Waals surface area contributed by atoms with Gasteiger partial charge < -0.3 is 9.90 Å². The number of carboxylic acid groups (broad SMARTS) is 1. The summed E-state index contributed by atoms with van der Waals surface area (Å²) in [5.74, 6) is -1.08. The van der Waals surface area contributed by atoms with Gasteiger partial charge in [-0.1, -0.05) is 0 Å². The second-order valence-corrected chi connectivity index (χ2v) is 0.492. The van der Waals surface area contributed by atoms with E-state index in [-0.39, 0.29) is 62.2 Å². The van der Waals surface area contributed by atoms with E-state index in [1.54, 1.807) is 0 Å². The minimum absolute atomic E-state index is 0. The van der Waals surface area contributed by atoms with Crippen molar-refractivity contribution in [2.24, 2.45) is 0 Å². The number of rotatable bonds is 0. The van der Waals surface area contributed by atoms with Crippen LogP contribution < -0.4 is 5.11 Å². The third-order valence-corrected chi connectivity index (χ3v) is 0. The topological polar surface area (TPSA) is 40.1 Å². The minimum Gasteiger partial charge on any atom is -0.550 e. The maximum atomic E-state index is 8.89. The number of carboxylic acids is 1. The second-order valence-electron chi connectivity index (χ2n) is 0.492. The number of hydrogen-bond acceptors (Lipinski definition) is 2. The van der Waals surface area contributed by atoms with Crippen LogP contribution in [-0.4, -0.2) is 68.1 Å². The molecular weight excluding hydrogens is 218 g/mol. The van der Waals surface area contributed by atoms with Gasteiger partial charge in [0.2, 0.25) is 0 Å². The summed E-state index contributed by atoms with van der Waals surface area (Å²) in [5.41, 5.74) is 0. The fraction of sp³-hybridized carbons (Fsp3) is 0.500. The van der Waals surface area contributed by atoms with Crippen LogP contribution >= 0.6 is 0 Å². The van der Waals surface area contributed by atoms with Crippen molar-refractivity contribution in [3.8, 4) is 0 Å². The SMILES string of the molecule is CC(=O)[O-].[Ca+2].[Sb+3]. The van der Waals surface area contributed by atoms with Gasteiger partial charge in [-0.25, -0.2) is 0 Å². The van der Waals surface area contributed by atoms with Crippen molar-refractivity contribution in [2.75, 3.05) is 0 Å². The zero-order valence-electron chi connectivity index (χ0n) is 3.47. The predicted molar refractivity (Wildman–Crippen MR) is 22.2 cm³/mol. The fourth-order valence-corrected chi connectivity index (χ4v) is 0. The van der Waals surface area contributed by atoms with Crippen LogP contribution in [0.4, 0.5) is 0 Å². The average Bonchev–Trinajstić information content (AvgIpc) is 0.811. The van der Waals surface area contributed by atoms with Crippen LogP contribution in [-0.2, 0) is 4.79 Å². The Morgan fingerprint density at radius 1 is 1.67 bits per heavy atom. The van der Waals surface area contributed by atoms with E-state index in [0.717, 1.165) is 6.92 Å². The van der Waals surface area contributed by atoms with E-state index in [1.165, 1.54) is 0 Å². The van der Waals surface area contributed by atoms with E-state index in [0.29, 0.717) is 0 Å². The fourth-order valence-electron chi connectivity index (χ4n) is 0. The Morgan fingerprint density at radius 2 is 1.67 bits per heavy atom. The van der Waals surface area contributed by atoms with Crippen LogP contribution in [0.5, 0.6) is 0 Å². The maximum absolute atomic E-state index is 8.89. The van der Waals surface area contributed by atoms with Crippen molar-refractivity contribution in [3.63, 3.8) is 0 Å². The van der Waals surface area contributed by atoms with E-state index in [1.807, 2.05) is 0 Å². The van der Waals surface area contributed by atoms with E-state index >= 15 is 0 Å². The van der Waals surface area contributed by atoms with Gasteiger partial charge in [0.15, 0.2) is 0 Å². The molecule has 2 nitrogen and oxygen atoms in total. The van der Waals surface area contributed by atoms with Gasteiger partial charge in [-0.2, -0.15) is 0 Å². The molecule has 0 N–H and O–H groups in total. The Hall–Kier alpha value is 1.55. The molecule has 0 atom stereocenters. The molecule has 6 heavy (non-hydrogen) atoms. The molecule has 0 aromatic rings. The normalized spacial score (nSPS) is 4.17. The molecule has 0 saturated heterocycles. The number of carbonyl (C=O) groups is 1. The third kappa shape index (κ3) is 47.9. The molecule has 0 spiro atoms. The Labute approximate surface area is 83.7 Å². The van der Waals surface area contributed by atoms with Crippen molar-refractivity contribution in [3.05, 3.63) is 0 Å². The maximum Gasteiger partial charge on any atom is 3.00 e. The zero-order valence-corrected chi connectivity index (χ0v) is 8.23. The van der Waals surface area contributed by atoms with E-state index in [2.05, 4.69) is 0 Å². The summed E-state index contributed by atoms with van der Waals surface area (Å²) in [5, 5.41) is 8.89. The smallest absolute Gasteiger partial charge is 0.550 e. The molecule has 0 aliphatic rings. The molecule has 0 aliphatic heterocycles. The molecule has 0 bridgehead atoms. The van der Waals surface area contributed by atoms with Crippen LogP contribution in [0, 0.1) is 0 Å². The molecule has 0 aromatic carbocycles. The molecule has 0 aromatic heterocycles. The summed E-state index contributed by atoms with van der Waals surface area (Å²) >= 11 is 0. The average molecular weight is 221 g/mol. The second kappa shape index (κ2) is 9.74. The summed E-state index contributed by atoms with van der Waals surface area (Å²) in [4.78, 5) is 8.89. The monoisotopic (exact) mass is 220 g/mol. The Balaban J connectivity index is -0.0000000450. The van der Waals surface area contributed by atoms with Crippen LogP contribution in [0.3, 0.4) is 0 Å². The number of carbonyl (C=O) groups excluding carboxylic acids is 1. The van der Waals surface area contributed by atoms with E-state index in [9.17, 15) is 0 Å². The molecule has 26 valence electrons. The summed E-state index contributed by atoms with van der Waals surface area (Å²) in [6.07, 6.45) is 0. The van der Waals surface area contributed by atoms with Gasteiger partial charge in [0, 0.05) is 5.97 Å². The Bertz CT molecular complexity index is 34.5. The molecule has 0 fully saturated rings. The standard InChI is InChI=1S/C2H4O2.Ca.Sb/c1-2(3)4;;/h1H3,(H,3,4);;/q;+2;+3/p-1. The zero-order chi connectivity index (χ0) is 3.58. The van der Waals surface area contributed by atoms with Gasteiger partial charge in [0.1, 0.15) is 0 Å². The Kier molecular flexibility index (Phi) is 25.4. The van der Waals surface area contributed by atoms with Crippen molar-refractivity contribution >= 4 is 68.1 Å². The summed E-state index contributed by atoms with van der Waals surface area (Å²) < 4.78 is 0. The summed E-state index contributed by atoms with van der Waals surface area (Å²) in [6, 6.07) is 0. The third-order valence-electron chi connectivity index (χ3n) is 0. The van der Waals surface area contributed by atoms with Crippen molar-refractivity contribution in [1.82, 2.24) is 0 Å². The van der Waals surface area contributed by atoms with Crippen molar-refractivity contribution < 1.29 is 9.90 Å². The molecular formula is C2H3CaO2Sb+4. The molecule has 0 heterocycles. The predicted octanol–water partition coefficient (Wildman–Crippen LogP) is -2.01. The summed E-state index contributed by atoms with van der Waals surface area (Å²) in [7, 11) is 0. The van der Waals surface area contributed by atoms with Crippen LogP contribution in [0.2, 0.25) is 0 Å². The molecule has 4 heteroatoms. The molecule has 2 radical (unpaired) electrons. The first-order valence-electron chi connectivity index (χ1n) is 0.908. The van der Waals surface area contributed by atoms with Crippen molar-refractivity contribution in [2.45, 2.75) is 6.92 Å². The van der Waals surface area contributed by atoms with Gasteiger partial charge in [-0.05, 0) is 6.92 Å². The first-order valence-corrected chi connectivity index (χ1v) is 0.908. The van der Waals surface area contributed by atoms with Crippen molar-refractivity contribution in [1.29, 1.82) is 0 Å². The van der Waals surface area contributed by atoms with Gasteiger partial charge in [-0.3, -0.25) is 0 Å². The molecule has 0 amide bonds. The summed E-state index contributed by atoms with van der Waals surface area (Å²) in [6.45, 7) is 0.972. The van der Waals surface area contributed by atoms with Gasteiger partial charge in [-0.15, -0.1) is 0 Å². The van der Waals surface area contributed by atoms with E-state index in [4.69, 9.17) is 9.90 Å². The van der Waals surface area contributed by atoms with Gasteiger partial charge >= 0.3 is 62.2 Å². The molecule has 0 saturated carbocycles. The Morgan fingerprint density at radius 3 is 1.67 bits per heavy atom. The molecule has 0 aliphatic carbocycles. The van der Waals surface area contributed by atoms with Crippen LogP contribution in [0.1, 0.15) is 6.92 Å². The van der Waals surface area contributed by atoms with Gasteiger partial charge in [0.25, 0.3) is 0 Å². The quantitative estimate of drug-likeness (QED) is 0.443. The van der Waals surface area contributed by atoms with Crippen LogP contribution in [0.25, 0.3) is 0 Å². The molecule has 0 unspecified atom stereocenters. The first kappa shape index (κ1) is 15.6. The first-order chi connectivity index (χ1) is 1.73. The van der Waals surface area contributed by atoms with Crippen LogP contribution in [0.15, 0.2) is 0 Å². The minimum atomic E-state index is -1.08. The molecule has 0 rings (SSSR count). The van der Waals surface area contributed by atoms with E-state index < -0.39 is 5.97 Å². The largest absolute Gasteiger partial charge is 3.00 e. The number of aliphatic carboxylic acids is 1.